The average molecular weight is 515 g/mol. The van der Waals surface area contributed by atoms with Crippen LogP contribution in [0.4, 0.5) is 5.82 Å². The van der Waals surface area contributed by atoms with Crippen LogP contribution in [0.25, 0.3) is 16.8 Å². The minimum absolute atomic E-state index is 0.141. The summed E-state index contributed by atoms with van der Waals surface area (Å²) in [5, 5.41) is 16.4. The van der Waals surface area contributed by atoms with Gasteiger partial charge in [-0.05, 0) is 70.2 Å². The summed E-state index contributed by atoms with van der Waals surface area (Å²) < 4.78 is 30.1. The Bertz CT molecular complexity index is 1610. The number of benzene rings is 2. The number of nitriles is 1. The Hall–Kier alpha value is -4.33. The Balaban J connectivity index is 1.60. The van der Waals surface area contributed by atoms with Crippen molar-refractivity contribution in [3.05, 3.63) is 89.9 Å². The van der Waals surface area contributed by atoms with Crippen LogP contribution in [0.3, 0.4) is 0 Å². The quantitative estimate of drug-likeness (QED) is 0.391. The van der Waals surface area contributed by atoms with Gasteiger partial charge in [0, 0.05) is 22.9 Å². The number of pyridine rings is 1. The highest BCUT2D eigenvalue weighted by molar-refractivity contribution is 7.89. The molecular weight excluding hydrogens is 488 g/mol. The van der Waals surface area contributed by atoms with Crippen LogP contribution in [0.5, 0.6) is 0 Å². The van der Waals surface area contributed by atoms with Crippen LogP contribution in [-0.2, 0) is 10.0 Å². The van der Waals surface area contributed by atoms with E-state index in [1.165, 1.54) is 10.9 Å². The first kappa shape index (κ1) is 25.8. The standard InChI is InChI=1S/C27H26N6O3S/c1-18-14-23(33(31-18)21-9-7-8-19(15-21)16-28)26(34)30-25-13-12-20(17-29-25)22-10-5-6-11-24(22)37(35,36)32-27(2,3)4/h5-15,17,32H,1-4H3,(H,29,30,34). The number of rotatable bonds is 6. The van der Waals surface area contributed by atoms with Gasteiger partial charge < -0.3 is 5.32 Å². The Kier molecular flexibility index (Phi) is 6.94. The zero-order valence-corrected chi connectivity index (χ0v) is 21.7. The van der Waals surface area contributed by atoms with E-state index in [1.807, 2.05) is 0 Å². The molecule has 2 N–H and O–H groups in total. The number of hydrogen-bond donors (Lipinski definition) is 2. The van der Waals surface area contributed by atoms with E-state index in [1.54, 1.807) is 94.4 Å². The van der Waals surface area contributed by atoms with Gasteiger partial charge in [0.15, 0.2) is 0 Å². The lowest BCUT2D eigenvalue weighted by atomic mass is 10.1. The van der Waals surface area contributed by atoms with Crippen LogP contribution in [0.15, 0.2) is 77.8 Å². The van der Waals surface area contributed by atoms with Gasteiger partial charge in [-0.3, -0.25) is 4.79 Å². The van der Waals surface area contributed by atoms with Gasteiger partial charge in [-0.15, -0.1) is 0 Å². The van der Waals surface area contributed by atoms with Gasteiger partial charge in [-0.2, -0.15) is 10.4 Å². The first-order valence-corrected chi connectivity index (χ1v) is 12.9. The Morgan fingerprint density at radius 3 is 2.46 bits per heavy atom. The molecule has 0 aliphatic heterocycles. The van der Waals surface area contributed by atoms with Gasteiger partial charge in [0.05, 0.1) is 27.9 Å². The average Bonchev–Trinajstić information content (AvgIpc) is 3.25. The third-order valence-corrected chi connectivity index (χ3v) is 7.03. The fourth-order valence-corrected chi connectivity index (χ4v) is 5.42. The highest BCUT2D eigenvalue weighted by Crippen LogP contribution is 2.28. The predicted octanol–water partition coefficient (Wildman–Crippen LogP) is 4.44. The molecule has 9 nitrogen and oxygen atoms in total. The Labute approximate surface area is 215 Å². The van der Waals surface area contributed by atoms with E-state index < -0.39 is 21.5 Å². The van der Waals surface area contributed by atoms with Crippen molar-refractivity contribution in [2.24, 2.45) is 0 Å². The van der Waals surface area contributed by atoms with Gasteiger partial charge in [0.25, 0.3) is 5.91 Å². The molecule has 2 aromatic carbocycles. The monoisotopic (exact) mass is 514 g/mol. The fraction of sp³-hybridized carbons (Fsp3) is 0.185. The molecule has 10 heteroatoms. The normalized spacial score (nSPS) is 11.6. The summed E-state index contributed by atoms with van der Waals surface area (Å²) in [7, 11) is -3.77. The maximum atomic E-state index is 13.1. The number of carbonyl (C=O) groups is 1. The molecule has 1 amide bonds. The second-order valence-corrected chi connectivity index (χ2v) is 11.1. The number of amides is 1. The minimum Gasteiger partial charge on any atom is -0.305 e. The van der Waals surface area contributed by atoms with Crippen molar-refractivity contribution in [3.8, 4) is 22.9 Å². The van der Waals surface area contributed by atoms with E-state index in [4.69, 9.17) is 0 Å². The van der Waals surface area contributed by atoms with Crippen molar-refractivity contribution in [1.29, 1.82) is 5.26 Å². The number of sulfonamides is 1. The molecular formula is C27H26N6O3S. The van der Waals surface area contributed by atoms with Crippen LogP contribution in [0.2, 0.25) is 0 Å². The second-order valence-electron chi connectivity index (χ2n) is 9.48. The molecule has 0 bridgehead atoms. The summed E-state index contributed by atoms with van der Waals surface area (Å²) in [6.07, 6.45) is 1.51. The lowest BCUT2D eigenvalue weighted by molar-refractivity contribution is 0.101. The summed E-state index contributed by atoms with van der Waals surface area (Å²) in [6, 6.07) is 20.5. The summed E-state index contributed by atoms with van der Waals surface area (Å²) in [4.78, 5) is 17.6. The smallest absolute Gasteiger partial charge is 0.275 e. The van der Waals surface area contributed by atoms with Gasteiger partial charge in [-0.25, -0.2) is 22.8 Å². The highest BCUT2D eigenvalue weighted by Gasteiger charge is 2.25. The molecule has 2 heterocycles. The van der Waals surface area contributed by atoms with Gasteiger partial charge >= 0.3 is 0 Å². The zero-order valence-electron chi connectivity index (χ0n) is 20.9. The molecule has 4 aromatic rings. The van der Waals surface area contributed by atoms with Gasteiger partial charge in [0.1, 0.15) is 11.5 Å². The summed E-state index contributed by atoms with van der Waals surface area (Å²) in [6.45, 7) is 7.11. The summed E-state index contributed by atoms with van der Waals surface area (Å²) in [5.41, 5.74) is 2.40. The lowest BCUT2D eigenvalue weighted by Crippen LogP contribution is -2.40. The number of aryl methyl sites for hydroxylation is 1. The van der Waals surface area contributed by atoms with Crippen molar-refractivity contribution in [3.63, 3.8) is 0 Å². The molecule has 0 saturated carbocycles. The highest BCUT2D eigenvalue weighted by atomic mass is 32.2. The van der Waals surface area contributed by atoms with Crippen LogP contribution < -0.4 is 10.0 Å². The van der Waals surface area contributed by atoms with Gasteiger partial charge in [0.2, 0.25) is 10.0 Å². The Morgan fingerprint density at radius 1 is 1.03 bits per heavy atom. The molecule has 0 aliphatic rings. The van der Waals surface area contributed by atoms with Crippen molar-refractivity contribution >= 4 is 21.7 Å². The van der Waals surface area contributed by atoms with Gasteiger partial charge in [-0.1, -0.05) is 24.3 Å². The topological polar surface area (TPSA) is 130 Å². The van der Waals surface area contributed by atoms with Crippen LogP contribution in [0, 0.1) is 18.3 Å². The molecule has 0 unspecified atom stereocenters. The van der Waals surface area contributed by atoms with Crippen LogP contribution in [-0.4, -0.2) is 34.6 Å². The minimum atomic E-state index is -3.77. The van der Waals surface area contributed by atoms with Crippen LogP contribution in [0.1, 0.15) is 42.5 Å². The lowest BCUT2D eigenvalue weighted by Gasteiger charge is -2.21. The van der Waals surface area contributed by atoms with Crippen molar-refractivity contribution in [2.45, 2.75) is 38.1 Å². The molecule has 0 fully saturated rings. The Morgan fingerprint density at radius 2 is 1.78 bits per heavy atom. The summed E-state index contributed by atoms with van der Waals surface area (Å²) >= 11 is 0. The third-order valence-electron chi connectivity index (χ3n) is 5.22. The molecule has 0 radical (unpaired) electrons. The molecule has 0 saturated heterocycles. The molecule has 37 heavy (non-hydrogen) atoms. The summed E-state index contributed by atoms with van der Waals surface area (Å²) in [5.74, 6) is -0.140. The number of anilines is 1. The van der Waals surface area contributed by atoms with E-state index in [2.05, 4.69) is 26.2 Å². The van der Waals surface area contributed by atoms with Crippen LogP contribution >= 0.6 is 0 Å². The molecule has 0 atom stereocenters. The van der Waals surface area contributed by atoms with E-state index in [0.717, 1.165) is 0 Å². The number of nitrogens with zero attached hydrogens (tertiary/aromatic N) is 4. The largest absolute Gasteiger partial charge is 0.305 e. The maximum absolute atomic E-state index is 13.1. The molecule has 2 aromatic heterocycles. The van der Waals surface area contributed by atoms with E-state index >= 15 is 0 Å². The zero-order chi connectivity index (χ0) is 26.8. The maximum Gasteiger partial charge on any atom is 0.275 e. The first-order chi connectivity index (χ1) is 17.5. The van der Waals surface area contributed by atoms with E-state index in [0.29, 0.717) is 28.1 Å². The SMILES string of the molecule is Cc1cc(C(=O)Nc2ccc(-c3ccccc3S(=O)(=O)NC(C)(C)C)cn2)n(-c2cccc(C#N)c2)n1. The molecule has 4 rings (SSSR count). The van der Waals surface area contributed by atoms with Crippen molar-refractivity contribution < 1.29 is 13.2 Å². The second kappa shape index (κ2) is 9.97. The predicted molar refractivity (Wildman–Crippen MR) is 141 cm³/mol. The van der Waals surface area contributed by atoms with Crippen molar-refractivity contribution in [2.75, 3.05) is 5.32 Å². The molecule has 0 aliphatic carbocycles. The number of carbonyl (C=O) groups excluding carboxylic acids is 1. The van der Waals surface area contributed by atoms with E-state index in [9.17, 15) is 18.5 Å². The third kappa shape index (κ3) is 5.91. The van der Waals surface area contributed by atoms with E-state index in [-0.39, 0.29) is 16.4 Å². The first-order valence-electron chi connectivity index (χ1n) is 11.4. The molecule has 188 valence electrons. The fourth-order valence-electron chi connectivity index (χ4n) is 3.77. The van der Waals surface area contributed by atoms with Crippen molar-refractivity contribution in [1.82, 2.24) is 19.5 Å². The number of aromatic nitrogens is 3. The number of nitrogens with one attached hydrogen (secondary N) is 2. The number of hydrogen-bond acceptors (Lipinski definition) is 6. The molecule has 0 spiro atoms.